The highest BCUT2D eigenvalue weighted by Gasteiger charge is 2.35. The molecule has 1 heterocycles. The second kappa shape index (κ2) is 9.12. The lowest BCUT2D eigenvalue weighted by Gasteiger charge is -2.37. The van der Waals surface area contributed by atoms with Gasteiger partial charge >= 0.3 is 5.97 Å². The molecule has 6 nitrogen and oxygen atoms in total. The van der Waals surface area contributed by atoms with E-state index in [-0.39, 0.29) is 18.7 Å². The van der Waals surface area contributed by atoms with Crippen LogP contribution in [0.4, 0.5) is 0 Å². The first-order valence-electron chi connectivity index (χ1n) is 8.95. The number of hydrogen-bond donors (Lipinski definition) is 2. The van der Waals surface area contributed by atoms with Crippen molar-refractivity contribution in [3.05, 3.63) is 12.2 Å². The summed E-state index contributed by atoms with van der Waals surface area (Å²) in [6.07, 6.45) is 2.80. The fraction of sp³-hybridized carbons (Fsp3) is 0.842. The highest BCUT2D eigenvalue weighted by molar-refractivity contribution is 5.82. The fourth-order valence-electron chi connectivity index (χ4n) is 2.52. The van der Waals surface area contributed by atoms with Crippen molar-refractivity contribution in [1.29, 1.82) is 0 Å². The molecule has 6 heteroatoms. The Kier molecular flexibility index (Phi) is 8.06. The predicted octanol–water partition coefficient (Wildman–Crippen LogP) is 2.36. The monoisotopic (exact) mass is 358 g/mol. The quantitative estimate of drug-likeness (QED) is 0.537. The summed E-state index contributed by atoms with van der Waals surface area (Å²) in [5, 5.41) is 19.7. The van der Waals surface area contributed by atoms with E-state index >= 15 is 0 Å². The Bertz CT molecular complexity index is 451. The maximum atomic E-state index is 11.6. The van der Waals surface area contributed by atoms with E-state index in [1.54, 1.807) is 13.0 Å². The zero-order valence-corrected chi connectivity index (χ0v) is 16.3. The molecule has 146 valence electrons. The van der Waals surface area contributed by atoms with Crippen molar-refractivity contribution >= 4 is 5.97 Å². The second-order valence-corrected chi connectivity index (χ2v) is 8.30. The maximum Gasteiger partial charge on any atom is 0.330 e. The molecule has 0 aliphatic carbocycles. The Balaban J connectivity index is 2.35. The molecule has 0 amide bonds. The van der Waals surface area contributed by atoms with Gasteiger partial charge in [-0.05, 0) is 54.4 Å². The average molecular weight is 358 g/mol. The van der Waals surface area contributed by atoms with Crippen LogP contribution in [0.1, 0.15) is 60.8 Å². The summed E-state index contributed by atoms with van der Waals surface area (Å²) in [7, 11) is 0. The van der Waals surface area contributed by atoms with Crippen LogP contribution in [-0.2, 0) is 19.0 Å². The number of aliphatic hydroxyl groups is 2. The fourth-order valence-corrected chi connectivity index (χ4v) is 2.52. The third kappa shape index (κ3) is 8.81. The molecule has 0 aromatic carbocycles. The summed E-state index contributed by atoms with van der Waals surface area (Å²) in [5.41, 5.74) is -0.907. The Morgan fingerprint density at radius 3 is 2.44 bits per heavy atom. The normalized spacial score (nSPS) is 28.3. The molecular formula is C19H34O6. The van der Waals surface area contributed by atoms with Crippen molar-refractivity contribution in [2.45, 2.75) is 96.4 Å². The average Bonchev–Trinajstić information content (AvgIpc) is 2.44. The smallest absolute Gasteiger partial charge is 0.330 e. The number of hydrogen-bond acceptors (Lipinski definition) is 6. The molecular weight excluding hydrogens is 324 g/mol. The minimum Gasteiger partial charge on any atom is -0.457 e. The van der Waals surface area contributed by atoms with E-state index in [0.717, 1.165) is 0 Å². The minimum absolute atomic E-state index is 0.265. The predicted molar refractivity (Wildman–Crippen MR) is 95.2 cm³/mol. The first-order valence-corrected chi connectivity index (χ1v) is 8.95. The summed E-state index contributed by atoms with van der Waals surface area (Å²) in [4.78, 5) is 11.6. The van der Waals surface area contributed by atoms with Gasteiger partial charge in [-0.15, -0.1) is 0 Å². The number of carbonyl (C=O) groups excluding carboxylic acids is 1. The number of ether oxygens (including phenoxy) is 3. The summed E-state index contributed by atoms with van der Waals surface area (Å²) >= 11 is 0. The van der Waals surface area contributed by atoms with E-state index in [1.165, 1.54) is 6.08 Å². The van der Waals surface area contributed by atoms with Gasteiger partial charge in [0.2, 0.25) is 0 Å². The SMILES string of the molecule is C[C@@H]1OC(COC(C)(C)CC/C=C/C(=O)OC(C)(C)C)[C@H](O)CC1O. The van der Waals surface area contributed by atoms with Crippen molar-refractivity contribution in [2.24, 2.45) is 0 Å². The number of carbonyl (C=O) groups is 1. The lowest BCUT2D eigenvalue weighted by atomic mass is 9.98. The molecule has 1 rings (SSSR count). The highest BCUT2D eigenvalue weighted by atomic mass is 16.6. The Hall–Kier alpha value is -0.950. The largest absolute Gasteiger partial charge is 0.457 e. The van der Waals surface area contributed by atoms with Gasteiger partial charge in [-0.25, -0.2) is 4.79 Å². The van der Waals surface area contributed by atoms with Crippen LogP contribution in [0.2, 0.25) is 0 Å². The van der Waals surface area contributed by atoms with Gasteiger partial charge in [0, 0.05) is 12.5 Å². The van der Waals surface area contributed by atoms with E-state index in [1.807, 2.05) is 34.6 Å². The molecule has 1 aliphatic rings. The molecule has 2 N–H and O–H groups in total. The second-order valence-electron chi connectivity index (χ2n) is 8.30. The van der Waals surface area contributed by atoms with E-state index in [9.17, 15) is 15.0 Å². The van der Waals surface area contributed by atoms with Crippen LogP contribution in [0, 0.1) is 0 Å². The number of rotatable bonds is 7. The van der Waals surface area contributed by atoms with Gasteiger partial charge in [-0.3, -0.25) is 0 Å². The van der Waals surface area contributed by atoms with Crippen LogP contribution in [0.25, 0.3) is 0 Å². The van der Waals surface area contributed by atoms with Crippen LogP contribution in [0.3, 0.4) is 0 Å². The van der Waals surface area contributed by atoms with Crippen LogP contribution in [0.15, 0.2) is 12.2 Å². The third-order valence-electron chi connectivity index (χ3n) is 4.06. The summed E-state index contributed by atoms with van der Waals surface area (Å²) in [5.74, 6) is -0.350. The van der Waals surface area contributed by atoms with Crippen molar-refractivity contribution in [3.63, 3.8) is 0 Å². The van der Waals surface area contributed by atoms with E-state index < -0.39 is 29.5 Å². The van der Waals surface area contributed by atoms with Crippen molar-refractivity contribution < 1.29 is 29.2 Å². The molecule has 1 aliphatic heterocycles. The van der Waals surface area contributed by atoms with Crippen molar-refractivity contribution in [3.8, 4) is 0 Å². The molecule has 1 fully saturated rings. The van der Waals surface area contributed by atoms with Crippen LogP contribution in [-0.4, -0.2) is 58.4 Å². The molecule has 0 saturated carbocycles. The molecule has 0 radical (unpaired) electrons. The van der Waals surface area contributed by atoms with Crippen molar-refractivity contribution in [1.82, 2.24) is 0 Å². The first-order chi connectivity index (χ1) is 11.4. The standard InChI is InChI=1S/C19H34O6/c1-13-14(20)11-15(21)16(24-13)12-23-19(5,6)10-8-7-9-17(22)25-18(2,3)4/h7,9,13-16,20-21H,8,10-12H2,1-6H3/b9-7+/t13-,14?,15+,16?/m0/s1. The lowest BCUT2D eigenvalue weighted by Crippen LogP contribution is -2.48. The van der Waals surface area contributed by atoms with E-state index in [0.29, 0.717) is 19.3 Å². The summed E-state index contributed by atoms with van der Waals surface area (Å²) in [6.45, 7) is 11.5. The topological polar surface area (TPSA) is 85.2 Å². The molecule has 0 aromatic heterocycles. The zero-order valence-electron chi connectivity index (χ0n) is 16.3. The maximum absolute atomic E-state index is 11.6. The summed E-state index contributed by atoms with van der Waals surface area (Å²) in [6, 6.07) is 0. The van der Waals surface area contributed by atoms with Gasteiger partial charge in [0.05, 0.1) is 30.5 Å². The Morgan fingerprint density at radius 2 is 1.84 bits per heavy atom. The van der Waals surface area contributed by atoms with Gasteiger partial charge in [0.15, 0.2) is 0 Å². The molecule has 25 heavy (non-hydrogen) atoms. The zero-order chi connectivity index (χ0) is 19.3. The minimum atomic E-state index is -0.728. The number of esters is 1. The number of allylic oxidation sites excluding steroid dienone is 1. The van der Waals surface area contributed by atoms with Gasteiger partial charge < -0.3 is 24.4 Å². The van der Waals surface area contributed by atoms with Crippen LogP contribution >= 0.6 is 0 Å². The van der Waals surface area contributed by atoms with Crippen LogP contribution < -0.4 is 0 Å². The van der Waals surface area contributed by atoms with Gasteiger partial charge in [0.1, 0.15) is 11.7 Å². The Morgan fingerprint density at radius 1 is 1.20 bits per heavy atom. The third-order valence-corrected chi connectivity index (χ3v) is 4.06. The van der Waals surface area contributed by atoms with Crippen LogP contribution in [0.5, 0.6) is 0 Å². The molecule has 0 bridgehead atoms. The molecule has 4 atom stereocenters. The van der Waals surface area contributed by atoms with Crippen molar-refractivity contribution in [2.75, 3.05) is 6.61 Å². The first kappa shape index (κ1) is 22.1. The highest BCUT2D eigenvalue weighted by Crippen LogP contribution is 2.23. The Labute approximate surface area is 151 Å². The van der Waals surface area contributed by atoms with Gasteiger partial charge in [-0.2, -0.15) is 0 Å². The van der Waals surface area contributed by atoms with Gasteiger partial charge in [0.25, 0.3) is 0 Å². The number of aliphatic hydroxyl groups excluding tert-OH is 2. The van der Waals surface area contributed by atoms with E-state index in [4.69, 9.17) is 14.2 Å². The molecule has 0 spiro atoms. The van der Waals surface area contributed by atoms with E-state index in [2.05, 4.69) is 0 Å². The molecule has 2 unspecified atom stereocenters. The van der Waals surface area contributed by atoms with Gasteiger partial charge in [-0.1, -0.05) is 6.08 Å². The molecule has 1 saturated heterocycles. The summed E-state index contributed by atoms with van der Waals surface area (Å²) < 4.78 is 16.7. The lowest BCUT2D eigenvalue weighted by molar-refractivity contribution is -0.192. The molecule has 0 aromatic rings.